The van der Waals surface area contributed by atoms with Gasteiger partial charge < -0.3 is 10.1 Å². The molecule has 0 unspecified atom stereocenters. The van der Waals surface area contributed by atoms with Gasteiger partial charge in [0.1, 0.15) is 5.82 Å². The number of para-hydroxylation sites is 1. The van der Waals surface area contributed by atoms with E-state index in [0.29, 0.717) is 12.6 Å². The van der Waals surface area contributed by atoms with Gasteiger partial charge in [-0.25, -0.2) is 4.39 Å². The van der Waals surface area contributed by atoms with Crippen molar-refractivity contribution in [3.05, 3.63) is 30.1 Å². The van der Waals surface area contributed by atoms with Gasteiger partial charge in [0.15, 0.2) is 0 Å². The van der Waals surface area contributed by atoms with E-state index in [1.807, 2.05) is 11.8 Å². The average molecular weight is 338 g/mol. The molecule has 0 bridgehead atoms. The van der Waals surface area contributed by atoms with Gasteiger partial charge in [-0.15, -0.1) is 0 Å². The Labute approximate surface area is 140 Å². The van der Waals surface area contributed by atoms with E-state index in [4.69, 9.17) is 4.74 Å². The SMILES string of the molecule is O=C(CN(C[C@H]1CCCO1)[C@@H]1CCSC1)Nc1ccccc1F. The fourth-order valence-electron chi connectivity index (χ4n) is 3.14. The van der Waals surface area contributed by atoms with Gasteiger partial charge in [-0.1, -0.05) is 12.1 Å². The van der Waals surface area contributed by atoms with Crippen LogP contribution in [0, 0.1) is 5.82 Å². The average Bonchev–Trinajstić information content (AvgIpc) is 3.22. The third kappa shape index (κ3) is 4.68. The number of nitrogens with zero attached hydrogens (tertiary/aromatic N) is 1. The Morgan fingerprint density at radius 2 is 2.26 bits per heavy atom. The Bertz CT molecular complexity index is 531. The number of rotatable bonds is 6. The molecule has 0 aromatic heterocycles. The number of anilines is 1. The third-order valence-corrected chi connectivity index (χ3v) is 5.52. The summed E-state index contributed by atoms with van der Waals surface area (Å²) in [5.74, 6) is 1.63. The molecule has 0 aliphatic carbocycles. The molecule has 2 heterocycles. The predicted octanol–water partition coefficient (Wildman–Crippen LogP) is 2.75. The number of nitrogens with one attached hydrogen (secondary N) is 1. The predicted molar refractivity (Wildman–Crippen MR) is 91.3 cm³/mol. The standard InChI is InChI=1S/C17H23FN2O2S/c18-15-5-1-2-6-16(15)19-17(21)11-20(13-7-9-23-12-13)10-14-4-3-8-22-14/h1-2,5-6,13-14H,3-4,7-12H2,(H,19,21)/t13-,14-/m1/s1. The fraction of sp³-hybridized carbons (Fsp3) is 0.588. The van der Waals surface area contributed by atoms with Crippen molar-refractivity contribution >= 4 is 23.4 Å². The van der Waals surface area contributed by atoms with E-state index in [1.54, 1.807) is 18.2 Å². The molecule has 2 aliphatic rings. The minimum Gasteiger partial charge on any atom is -0.377 e. The van der Waals surface area contributed by atoms with E-state index >= 15 is 0 Å². The molecular weight excluding hydrogens is 315 g/mol. The molecule has 6 heteroatoms. The first-order chi connectivity index (χ1) is 11.2. The number of hydrogen-bond acceptors (Lipinski definition) is 4. The molecule has 2 atom stereocenters. The first-order valence-electron chi connectivity index (χ1n) is 8.20. The van der Waals surface area contributed by atoms with Crippen molar-refractivity contribution in [3.63, 3.8) is 0 Å². The highest BCUT2D eigenvalue weighted by Gasteiger charge is 2.28. The Hall–Kier alpha value is -1.11. The second-order valence-corrected chi connectivity index (χ2v) is 7.26. The molecule has 2 saturated heterocycles. The van der Waals surface area contributed by atoms with Gasteiger partial charge in [0, 0.05) is 24.9 Å². The second-order valence-electron chi connectivity index (χ2n) is 6.11. The van der Waals surface area contributed by atoms with Crippen LogP contribution in [0.2, 0.25) is 0 Å². The van der Waals surface area contributed by atoms with Crippen LogP contribution in [0.25, 0.3) is 0 Å². The molecule has 4 nitrogen and oxygen atoms in total. The molecule has 3 rings (SSSR count). The van der Waals surface area contributed by atoms with Crippen LogP contribution in [0.1, 0.15) is 19.3 Å². The van der Waals surface area contributed by atoms with E-state index in [9.17, 15) is 9.18 Å². The van der Waals surface area contributed by atoms with Gasteiger partial charge in [0.2, 0.25) is 5.91 Å². The van der Waals surface area contributed by atoms with Crippen molar-refractivity contribution < 1.29 is 13.9 Å². The summed E-state index contributed by atoms with van der Waals surface area (Å²) in [6.07, 6.45) is 3.48. The molecule has 2 fully saturated rings. The number of hydrogen-bond donors (Lipinski definition) is 1. The van der Waals surface area contributed by atoms with E-state index in [-0.39, 0.29) is 17.7 Å². The van der Waals surface area contributed by atoms with Crippen molar-refractivity contribution in [2.24, 2.45) is 0 Å². The lowest BCUT2D eigenvalue weighted by molar-refractivity contribution is -0.118. The van der Waals surface area contributed by atoms with Crippen LogP contribution in [-0.2, 0) is 9.53 Å². The highest BCUT2D eigenvalue weighted by Crippen LogP contribution is 2.24. The normalized spacial score (nSPS) is 24.3. The van der Waals surface area contributed by atoms with Gasteiger partial charge >= 0.3 is 0 Å². The van der Waals surface area contributed by atoms with Crippen molar-refractivity contribution in [1.82, 2.24) is 4.90 Å². The maximum Gasteiger partial charge on any atom is 0.238 e. The maximum atomic E-state index is 13.7. The van der Waals surface area contributed by atoms with Crippen LogP contribution < -0.4 is 5.32 Å². The van der Waals surface area contributed by atoms with Crippen molar-refractivity contribution in [3.8, 4) is 0 Å². The summed E-state index contributed by atoms with van der Waals surface area (Å²) in [6.45, 7) is 1.90. The van der Waals surface area contributed by atoms with Crippen molar-refractivity contribution in [1.29, 1.82) is 0 Å². The summed E-state index contributed by atoms with van der Waals surface area (Å²) in [6, 6.07) is 6.69. The van der Waals surface area contributed by atoms with Crippen LogP contribution in [0.4, 0.5) is 10.1 Å². The van der Waals surface area contributed by atoms with Crippen LogP contribution in [0.5, 0.6) is 0 Å². The van der Waals surface area contributed by atoms with E-state index in [2.05, 4.69) is 10.2 Å². The lowest BCUT2D eigenvalue weighted by atomic mass is 10.1. The Kier molecular flexibility index (Phi) is 5.91. The first kappa shape index (κ1) is 16.7. The third-order valence-electron chi connectivity index (χ3n) is 4.38. The smallest absolute Gasteiger partial charge is 0.238 e. The first-order valence-corrected chi connectivity index (χ1v) is 9.35. The monoisotopic (exact) mass is 338 g/mol. The maximum absolute atomic E-state index is 13.7. The number of ether oxygens (including phenoxy) is 1. The molecular formula is C17H23FN2O2S. The zero-order chi connectivity index (χ0) is 16.1. The van der Waals surface area contributed by atoms with E-state index in [0.717, 1.165) is 43.9 Å². The van der Waals surface area contributed by atoms with Crippen LogP contribution in [0.3, 0.4) is 0 Å². The van der Waals surface area contributed by atoms with E-state index < -0.39 is 5.82 Å². The summed E-state index contributed by atoms with van der Waals surface area (Å²) in [7, 11) is 0. The second kappa shape index (κ2) is 8.13. The highest BCUT2D eigenvalue weighted by atomic mass is 32.2. The van der Waals surface area contributed by atoms with Gasteiger partial charge in [-0.2, -0.15) is 11.8 Å². The highest BCUT2D eigenvalue weighted by molar-refractivity contribution is 7.99. The quantitative estimate of drug-likeness (QED) is 0.866. The summed E-state index contributed by atoms with van der Waals surface area (Å²) >= 11 is 1.93. The Morgan fingerprint density at radius 3 is 2.96 bits per heavy atom. The molecule has 23 heavy (non-hydrogen) atoms. The van der Waals surface area contributed by atoms with Crippen molar-refractivity contribution in [2.75, 3.05) is 36.5 Å². The Morgan fingerprint density at radius 1 is 1.39 bits per heavy atom. The van der Waals surface area contributed by atoms with Crippen LogP contribution >= 0.6 is 11.8 Å². The van der Waals surface area contributed by atoms with Gasteiger partial charge in [0.05, 0.1) is 18.3 Å². The minimum atomic E-state index is -0.400. The lowest BCUT2D eigenvalue weighted by Crippen LogP contribution is -2.44. The zero-order valence-corrected chi connectivity index (χ0v) is 14.0. The fourth-order valence-corrected chi connectivity index (χ4v) is 4.39. The van der Waals surface area contributed by atoms with Gasteiger partial charge in [-0.05, 0) is 37.1 Å². The summed E-state index contributed by atoms with van der Waals surface area (Å²) in [4.78, 5) is 14.6. The van der Waals surface area contributed by atoms with E-state index in [1.165, 1.54) is 6.07 Å². The minimum absolute atomic E-state index is 0.162. The van der Waals surface area contributed by atoms with Gasteiger partial charge in [-0.3, -0.25) is 9.69 Å². The van der Waals surface area contributed by atoms with Crippen LogP contribution in [-0.4, -0.2) is 54.2 Å². The summed E-state index contributed by atoms with van der Waals surface area (Å²) < 4.78 is 19.4. The molecule has 1 aromatic carbocycles. The molecule has 126 valence electrons. The Balaban J connectivity index is 1.60. The molecule has 1 N–H and O–H groups in total. The molecule has 1 aromatic rings. The molecule has 2 aliphatic heterocycles. The molecule has 0 saturated carbocycles. The molecule has 0 spiro atoms. The topological polar surface area (TPSA) is 41.6 Å². The number of benzene rings is 1. The largest absolute Gasteiger partial charge is 0.377 e. The van der Waals surface area contributed by atoms with Crippen LogP contribution in [0.15, 0.2) is 24.3 Å². The van der Waals surface area contributed by atoms with Gasteiger partial charge in [0.25, 0.3) is 0 Å². The number of carbonyl (C=O) groups is 1. The number of carbonyl (C=O) groups excluding carboxylic acids is 1. The zero-order valence-electron chi connectivity index (χ0n) is 13.2. The number of thioether (sulfide) groups is 1. The lowest BCUT2D eigenvalue weighted by Gasteiger charge is -2.29. The van der Waals surface area contributed by atoms with Crippen molar-refractivity contribution in [2.45, 2.75) is 31.4 Å². The summed E-state index contributed by atoms with van der Waals surface area (Å²) in [5.41, 5.74) is 0.246. The summed E-state index contributed by atoms with van der Waals surface area (Å²) in [5, 5.41) is 2.69. The number of halogens is 1. The molecule has 1 amide bonds. The number of amides is 1. The molecule has 0 radical (unpaired) electrons.